The van der Waals surface area contributed by atoms with Crippen LogP contribution in [0.5, 0.6) is 5.75 Å². The van der Waals surface area contributed by atoms with Crippen LogP contribution in [-0.4, -0.2) is 26.7 Å². The number of nitrogens with zero attached hydrogens (tertiary/aromatic N) is 4. The molecule has 6 nitrogen and oxygen atoms in total. The van der Waals surface area contributed by atoms with Crippen LogP contribution in [0.3, 0.4) is 0 Å². The van der Waals surface area contributed by atoms with Crippen LogP contribution in [0.25, 0.3) is 5.52 Å². The summed E-state index contributed by atoms with van der Waals surface area (Å²) < 4.78 is 7.16. The van der Waals surface area contributed by atoms with E-state index >= 15 is 0 Å². The molecule has 1 aromatic carbocycles. The second kappa shape index (κ2) is 7.32. The molecule has 0 radical (unpaired) electrons. The molecule has 136 valence electrons. The number of rotatable bonds is 5. The molecule has 2 heterocycles. The van der Waals surface area contributed by atoms with E-state index in [1.54, 1.807) is 7.11 Å². The minimum atomic E-state index is 0.574. The Morgan fingerprint density at radius 2 is 1.92 bits per heavy atom. The van der Waals surface area contributed by atoms with Crippen molar-refractivity contribution in [2.75, 3.05) is 12.4 Å². The molecule has 3 aromatic rings. The summed E-state index contributed by atoms with van der Waals surface area (Å²) in [6.07, 6.45) is 9.50. The molecule has 0 bridgehead atoms. The molecule has 0 saturated heterocycles. The van der Waals surface area contributed by atoms with Crippen molar-refractivity contribution in [3.05, 3.63) is 42.0 Å². The Kier molecular flexibility index (Phi) is 4.73. The van der Waals surface area contributed by atoms with Crippen LogP contribution in [0, 0.1) is 12.8 Å². The van der Waals surface area contributed by atoms with Crippen molar-refractivity contribution in [1.82, 2.24) is 19.6 Å². The van der Waals surface area contributed by atoms with Gasteiger partial charge in [0.05, 0.1) is 19.0 Å². The van der Waals surface area contributed by atoms with Crippen LogP contribution < -0.4 is 10.1 Å². The number of benzene rings is 1. The van der Waals surface area contributed by atoms with E-state index in [1.165, 1.54) is 32.1 Å². The lowest BCUT2D eigenvalue weighted by molar-refractivity contribution is 0.350. The lowest BCUT2D eigenvalue weighted by atomic mass is 9.87. The summed E-state index contributed by atoms with van der Waals surface area (Å²) in [6, 6.07) is 7.73. The number of aromatic nitrogens is 4. The van der Waals surface area contributed by atoms with Crippen molar-refractivity contribution in [1.29, 1.82) is 0 Å². The molecule has 1 aliphatic rings. The monoisotopic (exact) mass is 351 g/mol. The average molecular weight is 351 g/mol. The Hall–Kier alpha value is -2.63. The van der Waals surface area contributed by atoms with Gasteiger partial charge in [-0.15, -0.1) is 5.10 Å². The maximum Gasteiger partial charge on any atom is 0.245 e. The fraction of sp³-hybridized carbons (Fsp3) is 0.450. The highest BCUT2D eigenvalue weighted by Gasteiger charge is 2.18. The summed E-state index contributed by atoms with van der Waals surface area (Å²) in [4.78, 5) is 9.22. The van der Waals surface area contributed by atoms with E-state index in [0.717, 1.165) is 40.8 Å². The predicted molar refractivity (Wildman–Crippen MR) is 102 cm³/mol. The summed E-state index contributed by atoms with van der Waals surface area (Å²) in [5.74, 6) is 3.17. The molecule has 1 fully saturated rings. The number of hydrogen-bond acceptors (Lipinski definition) is 5. The molecule has 2 aromatic heterocycles. The zero-order chi connectivity index (χ0) is 17.9. The molecule has 6 heteroatoms. The van der Waals surface area contributed by atoms with Gasteiger partial charge in [0.15, 0.2) is 0 Å². The fourth-order valence-corrected chi connectivity index (χ4v) is 3.74. The normalized spacial score (nSPS) is 15.3. The quantitative estimate of drug-likeness (QED) is 0.742. The van der Waals surface area contributed by atoms with E-state index in [0.29, 0.717) is 5.95 Å². The summed E-state index contributed by atoms with van der Waals surface area (Å²) in [7, 11) is 1.66. The summed E-state index contributed by atoms with van der Waals surface area (Å²) in [5, 5.41) is 7.96. The predicted octanol–water partition coefficient (Wildman–Crippen LogP) is 4.31. The molecular weight excluding hydrogens is 326 g/mol. The van der Waals surface area contributed by atoms with Crippen molar-refractivity contribution in [3.8, 4) is 5.75 Å². The first kappa shape index (κ1) is 16.8. The fourth-order valence-electron chi connectivity index (χ4n) is 3.74. The largest absolute Gasteiger partial charge is 0.497 e. The number of ether oxygens (including phenoxy) is 1. The highest BCUT2D eigenvalue weighted by molar-refractivity contribution is 5.56. The van der Waals surface area contributed by atoms with Gasteiger partial charge >= 0.3 is 0 Å². The molecule has 26 heavy (non-hydrogen) atoms. The minimum Gasteiger partial charge on any atom is -0.497 e. The van der Waals surface area contributed by atoms with Crippen molar-refractivity contribution >= 4 is 17.2 Å². The molecule has 0 aliphatic heterocycles. The molecule has 0 unspecified atom stereocenters. The lowest BCUT2D eigenvalue weighted by Gasteiger charge is -2.20. The van der Waals surface area contributed by atoms with Gasteiger partial charge in [-0.05, 0) is 37.1 Å². The SMILES string of the molecule is COc1ccc(Nc2ncc3c(C)nc(CC4CCCCC4)n3n2)cc1. The van der Waals surface area contributed by atoms with Crippen LogP contribution in [0.4, 0.5) is 11.6 Å². The van der Waals surface area contributed by atoms with Gasteiger partial charge < -0.3 is 10.1 Å². The maximum absolute atomic E-state index is 5.20. The van der Waals surface area contributed by atoms with Crippen LogP contribution in [-0.2, 0) is 6.42 Å². The van der Waals surface area contributed by atoms with Gasteiger partial charge in [0.25, 0.3) is 0 Å². The van der Waals surface area contributed by atoms with E-state index in [1.807, 2.05) is 41.9 Å². The molecule has 0 atom stereocenters. The number of fused-ring (bicyclic) bond motifs is 1. The summed E-state index contributed by atoms with van der Waals surface area (Å²) in [5.41, 5.74) is 2.90. The first-order valence-corrected chi connectivity index (χ1v) is 9.35. The van der Waals surface area contributed by atoms with Crippen molar-refractivity contribution in [2.45, 2.75) is 45.4 Å². The smallest absolute Gasteiger partial charge is 0.245 e. The van der Waals surface area contributed by atoms with Crippen LogP contribution in [0.1, 0.15) is 43.6 Å². The number of imidazole rings is 1. The van der Waals surface area contributed by atoms with Gasteiger partial charge in [-0.1, -0.05) is 32.1 Å². The van der Waals surface area contributed by atoms with E-state index < -0.39 is 0 Å². The van der Waals surface area contributed by atoms with Gasteiger partial charge in [0, 0.05) is 12.1 Å². The standard InChI is InChI=1S/C20H25N5O/c1-14-18-13-21-20(23-16-8-10-17(26-2)11-9-16)24-25(18)19(22-14)12-15-6-4-3-5-7-15/h8-11,13,15H,3-7,12H2,1-2H3,(H,23,24). The Labute approximate surface area is 153 Å². The third-order valence-electron chi connectivity index (χ3n) is 5.19. The Balaban J connectivity index is 1.59. The van der Waals surface area contributed by atoms with E-state index in [2.05, 4.69) is 10.3 Å². The zero-order valence-electron chi connectivity index (χ0n) is 15.4. The molecule has 1 aliphatic carbocycles. The molecule has 1 N–H and O–H groups in total. The average Bonchev–Trinajstić information content (AvgIpc) is 2.98. The summed E-state index contributed by atoms with van der Waals surface area (Å²) >= 11 is 0. The Morgan fingerprint density at radius 1 is 1.15 bits per heavy atom. The van der Waals surface area contributed by atoms with Gasteiger partial charge in [0.1, 0.15) is 17.1 Å². The maximum atomic E-state index is 5.20. The summed E-state index contributed by atoms with van der Waals surface area (Å²) in [6.45, 7) is 2.03. The third-order valence-corrected chi connectivity index (χ3v) is 5.19. The second-order valence-corrected chi connectivity index (χ2v) is 7.05. The molecule has 4 rings (SSSR count). The highest BCUT2D eigenvalue weighted by atomic mass is 16.5. The Morgan fingerprint density at radius 3 is 2.65 bits per heavy atom. The van der Waals surface area contributed by atoms with Crippen LogP contribution in [0.2, 0.25) is 0 Å². The van der Waals surface area contributed by atoms with Gasteiger partial charge in [-0.3, -0.25) is 0 Å². The van der Waals surface area contributed by atoms with Crippen molar-refractivity contribution in [2.24, 2.45) is 5.92 Å². The number of aryl methyl sites for hydroxylation is 1. The first-order valence-electron chi connectivity index (χ1n) is 9.35. The highest BCUT2D eigenvalue weighted by Crippen LogP contribution is 2.27. The Bertz CT molecular complexity index is 881. The minimum absolute atomic E-state index is 0.574. The number of anilines is 2. The lowest BCUT2D eigenvalue weighted by Crippen LogP contribution is -2.12. The first-order chi connectivity index (χ1) is 12.7. The van der Waals surface area contributed by atoms with Crippen molar-refractivity contribution in [3.63, 3.8) is 0 Å². The zero-order valence-corrected chi connectivity index (χ0v) is 15.4. The molecular formula is C20H25N5O. The number of methoxy groups -OCH3 is 1. The third kappa shape index (κ3) is 3.49. The molecule has 0 spiro atoms. The van der Waals surface area contributed by atoms with Crippen LogP contribution >= 0.6 is 0 Å². The van der Waals surface area contributed by atoms with E-state index in [-0.39, 0.29) is 0 Å². The van der Waals surface area contributed by atoms with E-state index in [9.17, 15) is 0 Å². The molecule has 1 saturated carbocycles. The topological polar surface area (TPSA) is 64.3 Å². The van der Waals surface area contributed by atoms with E-state index in [4.69, 9.17) is 14.8 Å². The van der Waals surface area contributed by atoms with Gasteiger partial charge in [-0.25, -0.2) is 14.5 Å². The molecule has 0 amide bonds. The van der Waals surface area contributed by atoms with Crippen LogP contribution in [0.15, 0.2) is 30.5 Å². The van der Waals surface area contributed by atoms with Gasteiger partial charge in [0.2, 0.25) is 5.95 Å². The number of hydrogen-bond donors (Lipinski definition) is 1. The van der Waals surface area contributed by atoms with Gasteiger partial charge in [-0.2, -0.15) is 0 Å². The second-order valence-electron chi connectivity index (χ2n) is 7.05. The van der Waals surface area contributed by atoms with Crippen molar-refractivity contribution < 1.29 is 4.74 Å². The number of nitrogens with one attached hydrogen (secondary N) is 1.